The Morgan fingerprint density at radius 1 is 0.667 bits per heavy atom. The number of carboxylic acids is 1. The number of primary amides is 1. The summed E-state index contributed by atoms with van der Waals surface area (Å²) in [5, 5.41) is 20.1. The third kappa shape index (κ3) is 36.2. The minimum Gasteiger partial charge on any atom is -0.481 e. The molecular formula is C59H101F3N14O7S. The number of rotatable bonds is 5. The lowest BCUT2D eigenvalue weighted by atomic mass is 10.0. The topological polar surface area (TPSA) is 258 Å². The average Bonchev–Trinajstić information content (AvgIpc) is 3.60. The van der Waals surface area contributed by atoms with Gasteiger partial charge in [-0.3, -0.25) is 14.4 Å². The Labute approximate surface area is 500 Å². The Kier molecular flexibility index (Phi) is 37.2. The molecule has 0 fully saturated rings. The van der Waals surface area contributed by atoms with Gasteiger partial charge in [0.05, 0.1) is 23.8 Å². The summed E-state index contributed by atoms with van der Waals surface area (Å²) in [6, 6.07) is 2.51. The second-order valence-corrected chi connectivity index (χ2v) is 23.5. The van der Waals surface area contributed by atoms with Crippen LogP contribution in [0.2, 0.25) is 0 Å². The Morgan fingerprint density at radius 2 is 1.17 bits per heavy atom. The molecule has 476 valence electrons. The summed E-state index contributed by atoms with van der Waals surface area (Å²) in [7, 11) is 12.5. The molecule has 0 aromatic rings. The molecule has 8 N–H and O–H groups in total. The summed E-state index contributed by atoms with van der Waals surface area (Å²) < 4.78 is 60.9. The predicted molar refractivity (Wildman–Crippen MR) is 328 cm³/mol. The number of hydrogen-bond acceptors (Lipinski definition) is 19. The van der Waals surface area contributed by atoms with E-state index < -0.39 is 21.6 Å². The van der Waals surface area contributed by atoms with E-state index in [1.54, 1.807) is 19.2 Å². The fraction of sp³-hybridized carbons (Fsp3) is 0.627. The number of carboxylic acid groups (broad SMARTS) is 1. The van der Waals surface area contributed by atoms with Gasteiger partial charge in [0, 0.05) is 166 Å². The monoisotopic (exact) mass is 1210 g/mol. The van der Waals surface area contributed by atoms with Crippen LogP contribution in [0, 0.1) is 40.9 Å². The smallest absolute Gasteiger partial charge is 0.481 e. The van der Waals surface area contributed by atoms with Crippen LogP contribution in [0.1, 0.15) is 58.3 Å². The summed E-state index contributed by atoms with van der Waals surface area (Å²) in [5.41, 5.74) is 10.8. The fourth-order valence-corrected chi connectivity index (χ4v) is 8.28. The number of amides is 1. The van der Waals surface area contributed by atoms with Crippen molar-refractivity contribution in [3.05, 3.63) is 110 Å². The van der Waals surface area contributed by atoms with Gasteiger partial charge in [0.15, 0.2) is 5.78 Å². The van der Waals surface area contributed by atoms with Crippen molar-refractivity contribution in [3.63, 3.8) is 0 Å². The number of likely N-dealkylation sites (N-methyl/N-ethyl adjacent to an activating group) is 2. The maximum Gasteiger partial charge on any atom is 0.534 e. The highest BCUT2D eigenvalue weighted by atomic mass is 32.2. The lowest BCUT2D eigenvalue weighted by molar-refractivity contribution is -0.140. The number of nitriles is 1. The zero-order chi connectivity index (χ0) is 63.3. The van der Waals surface area contributed by atoms with Gasteiger partial charge < -0.3 is 75.9 Å². The van der Waals surface area contributed by atoms with E-state index in [0.717, 1.165) is 90.5 Å². The first kappa shape index (κ1) is 75.4. The van der Waals surface area contributed by atoms with Gasteiger partial charge in [-0.05, 0) is 113 Å². The number of halogens is 3. The Hall–Kier alpha value is -6.62. The van der Waals surface area contributed by atoms with Crippen molar-refractivity contribution in [1.29, 1.82) is 5.26 Å². The van der Waals surface area contributed by atoms with Gasteiger partial charge >= 0.3 is 21.6 Å². The van der Waals surface area contributed by atoms with Gasteiger partial charge in [-0.2, -0.15) is 26.9 Å². The average molecular weight is 1210 g/mol. The first-order valence-corrected chi connectivity index (χ1v) is 30.0. The van der Waals surface area contributed by atoms with E-state index in [-0.39, 0.29) is 41.6 Å². The van der Waals surface area contributed by atoms with Crippen LogP contribution in [0.15, 0.2) is 110 Å². The molecule has 0 aromatic carbocycles. The van der Waals surface area contributed by atoms with Crippen LogP contribution in [-0.2, 0) is 28.7 Å². The van der Waals surface area contributed by atoms with E-state index in [1.807, 2.05) is 109 Å². The molecule has 0 aromatic heterocycles. The second kappa shape index (κ2) is 41.4. The molecule has 25 heteroatoms. The van der Waals surface area contributed by atoms with Crippen molar-refractivity contribution in [2.45, 2.75) is 69.8 Å². The van der Waals surface area contributed by atoms with Crippen LogP contribution in [0.3, 0.4) is 0 Å². The number of nitrogens with one attached hydrogen (secondary N) is 1. The Morgan fingerprint density at radius 3 is 1.49 bits per heavy atom. The van der Waals surface area contributed by atoms with E-state index in [2.05, 4.69) is 99.7 Å². The molecule has 0 bridgehead atoms. The number of carbonyl (C=O) groups excluding carboxylic acids is 2. The van der Waals surface area contributed by atoms with Crippen molar-refractivity contribution in [3.8, 4) is 6.07 Å². The molecule has 0 radical (unpaired) electrons. The van der Waals surface area contributed by atoms with Crippen LogP contribution in [-0.4, -0.2) is 229 Å². The highest BCUT2D eigenvalue weighted by Crippen LogP contribution is 2.28. The minimum atomic E-state index is -5.50. The number of nitrogens with two attached hydrogens (primary N) is 3. The summed E-state index contributed by atoms with van der Waals surface area (Å²) in [6.45, 7) is 13.2. The fourth-order valence-electron chi connectivity index (χ4n) is 7.75. The number of nitrogens with zero attached hydrogens (tertiary/aromatic N) is 10. The first-order valence-electron chi connectivity index (χ1n) is 28.6. The van der Waals surface area contributed by atoms with Gasteiger partial charge in [0.2, 0.25) is 5.91 Å². The normalized spacial score (nSPS) is 24.1. The first-order chi connectivity index (χ1) is 39.5. The lowest BCUT2D eigenvalue weighted by Crippen LogP contribution is -2.29. The Bertz CT molecular complexity index is 2270. The van der Waals surface area contributed by atoms with Gasteiger partial charge in [-0.1, -0.05) is 43.4 Å². The van der Waals surface area contributed by atoms with E-state index in [0.29, 0.717) is 31.5 Å². The zero-order valence-corrected chi connectivity index (χ0v) is 52.4. The maximum atomic E-state index is 11.9. The van der Waals surface area contributed by atoms with Gasteiger partial charge in [0.1, 0.15) is 5.76 Å². The third-order valence-corrected chi connectivity index (χ3v) is 14.9. The number of aliphatic carboxylic acids is 1. The largest absolute Gasteiger partial charge is 0.534 e. The van der Waals surface area contributed by atoms with Crippen LogP contribution >= 0.6 is 0 Å². The number of hydrogen-bond donors (Lipinski definition) is 5. The summed E-state index contributed by atoms with van der Waals surface area (Å²) in [5.74, 6) is 0.420. The van der Waals surface area contributed by atoms with Gasteiger partial charge in [-0.25, -0.2) is 0 Å². The highest BCUT2D eigenvalue weighted by Gasteiger charge is 2.49. The van der Waals surface area contributed by atoms with Crippen molar-refractivity contribution in [1.82, 2.24) is 49.4 Å². The second-order valence-electron chi connectivity index (χ2n) is 21.9. The minimum absolute atomic E-state index is 0.0452. The van der Waals surface area contributed by atoms with Crippen LogP contribution < -0.4 is 22.5 Å². The van der Waals surface area contributed by atoms with Crippen molar-refractivity contribution in [2.24, 2.45) is 46.8 Å². The molecule has 9 rings (SSSR count). The quantitative estimate of drug-likeness (QED) is 0.180. The summed E-state index contributed by atoms with van der Waals surface area (Å²) in [4.78, 5) is 50.1. The van der Waals surface area contributed by atoms with Gasteiger partial charge in [0.25, 0.3) is 0 Å². The van der Waals surface area contributed by atoms with E-state index in [9.17, 15) is 36.0 Å². The molecule has 6 unspecified atom stereocenters. The molecular weight excluding hydrogens is 1110 g/mol. The van der Waals surface area contributed by atoms with Crippen LogP contribution in [0.25, 0.3) is 0 Å². The molecule has 1 amide bonds. The SMILES string of the molecule is CC1C=CN(C)CC1.CN1C=CC(=O)CC1.CN1C=CC(C#N)CC1.CN1C=CC(C(=O)O)CC1.CN1C=CC(C(N)=O)CC1.CN1C=CC(CN)CC1.CN1C=CC(N)CC1.CN1C=CNCC1.CN1CC=C(OS(=O)(=O)C(F)(F)F)CC1. The van der Waals surface area contributed by atoms with E-state index in [4.69, 9.17) is 27.6 Å². The molecule has 9 aliphatic rings. The van der Waals surface area contributed by atoms with Crippen molar-refractivity contribution < 1.29 is 45.3 Å². The maximum absolute atomic E-state index is 11.9. The van der Waals surface area contributed by atoms with Crippen molar-refractivity contribution in [2.75, 3.05) is 142 Å². The standard InChI is InChI=1S/C7H10F3NO3S.C7H12N2O.C7H14N2.C7H10N2.C7H11NO2.C7H13N.C6H12N2.C6H9NO.C5H10N2/c1-11-4-2-6(3-5-11)14-15(12,13)7(8,9)10;1-9-4-2-6(3-5-9)7(8)10;2*1-9-4-2-7(6-8)3-5-9;1-8-4-2-6(3-5-8)7(9)10;1-7-3-5-8(2)6-4-7;1-8-4-2-6(7)3-5-8;1-7-4-2-6(8)3-5-7;1-7-4-2-6-3-5-7/h2H,3-5H2,1H3;2,4,6H,3,5H2,1H3,(H2,8,10);2,4,7H,3,5-6,8H2,1H3;2,4,7H,3,5H2,1H3;2,4,6H,3,5H2,1H3,(H,9,10);3,5,7H,4,6H2,1-2H3;2,4,6H,3,5,7H2,1H3;2,4H,3,5H2,1H3;2,4,6H,3,5H2,1H3. The molecule has 0 saturated heterocycles. The summed E-state index contributed by atoms with van der Waals surface area (Å²) in [6.07, 6.45) is 39.7. The predicted octanol–water partition coefficient (Wildman–Crippen LogP) is 4.96. The number of ketones is 1. The van der Waals surface area contributed by atoms with E-state index in [1.165, 1.54) is 25.5 Å². The molecule has 6 atom stereocenters. The summed E-state index contributed by atoms with van der Waals surface area (Å²) >= 11 is 0. The van der Waals surface area contributed by atoms with E-state index >= 15 is 0 Å². The number of alkyl halides is 3. The molecule has 0 spiro atoms. The lowest BCUT2D eigenvalue weighted by Gasteiger charge is -2.22. The highest BCUT2D eigenvalue weighted by molar-refractivity contribution is 7.87. The molecule has 0 aliphatic carbocycles. The third-order valence-electron chi connectivity index (χ3n) is 13.9. The van der Waals surface area contributed by atoms with Gasteiger partial charge in [-0.15, -0.1) is 0 Å². The molecule has 0 saturated carbocycles. The molecule has 9 heterocycles. The molecule has 84 heavy (non-hydrogen) atoms. The number of allylic oxidation sites excluding steroid dienone is 3. The zero-order valence-electron chi connectivity index (χ0n) is 51.6. The molecule has 21 nitrogen and oxygen atoms in total. The molecule has 9 aliphatic heterocycles. The number of carbonyl (C=O) groups is 3. The van der Waals surface area contributed by atoms with Crippen molar-refractivity contribution >= 4 is 27.8 Å². The van der Waals surface area contributed by atoms with Crippen LogP contribution in [0.4, 0.5) is 13.2 Å². The van der Waals surface area contributed by atoms with Crippen LogP contribution in [0.5, 0.6) is 0 Å². The Balaban J connectivity index is 0.000000476.